The molecule has 0 aromatic rings. The SMILES string of the molecule is CC[C@@H]1OC2(CCCCO2)[C@@]2(CCCCO2)O[C@H]1CC. The number of hydrogen-bond acceptors (Lipinski definition) is 4. The smallest absolute Gasteiger partial charge is 0.224 e. The van der Waals surface area contributed by atoms with Gasteiger partial charge in [-0.2, -0.15) is 0 Å². The van der Waals surface area contributed by atoms with Gasteiger partial charge in [-0.1, -0.05) is 13.8 Å². The lowest BCUT2D eigenvalue weighted by Crippen LogP contribution is -2.69. The Morgan fingerprint density at radius 3 is 1.50 bits per heavy atom. The van der Waals surface area contributed by atoms with E-state index >= 15 is 0 Å². The van der Waals surface area contributed by atoms with Crippen molar-refractivity contribution in [2.24, 2.45) is 0 Å². The molecule has 0 radical (unpaired) electrons. The van der Waals surface area contributed by atoms with Crippen molar-refractivity contribution < 1.29 is 18.9 Å². The molecule has 0 saturated carbocycles. The average Bonchev–Trinajstić information content (AvgIpc) is 2.52. The zero-order valence-electron chi connectivity index (χ0n) is 12.9. The molecule has 3 aliphatic rings. The third-order valence-corrected chi connectivity index (χ3v) is 4.95. The summed E-state index contributed by atoms with van der Waals surface area (Å²) in [5, 5.41) is 0. The molecule has 0 amide bonds. The van der Waals surface area contributed by atoms with Crippen LogP contribution in [0.5, 0.6) is 0 Å². The summed E-state index contributed by atoms with van der Waals surface area (Å²) in [7, 11) is 0. The van der Waals surface area contributed by atoms with Crippen LogP contribution in [0.25, 0.3) is 0 Å². The van der Waals surface area contributed by atoms with Gasteiger partial charge in [0.15, 0.2) is 0 Å². The molecule has 0 aromatic heterocycles. The highest BCUT2D eigenvalue weighted by Crippen LogP contribution is 2.49. The first-order chi connectivity index (χ1) is 9.75. The van der Waals surface area contributed by atoms with Crippen molar-refractivity contribution in [3.63, 3.8) is 0 Å². The summed E-state index contributed by atoms with van der Waals surface area (Å²) in [6.07, 6.45) is 8.40. The van der Waals surface area contributed by atoms with Crippen LogP contribution < -0.4 is 0 Å². The van der Waals surface area contributed by atoms with Crippen LogP contribution in [-0.4, -0.2) is 37.0 Å². The fourth-order valence-electron chi connectivity index (χ4n) is 3.84. The maximum Gasteiger partial charge on any atom is 0.224 e. The van der Waals surface area contributed by atoms with Gasteiger partial charge in [-0.25, -0.2) is 0 Å². The molecule has 3 aliphatic heterocycles. The fourth-order valence-corrected chi connectivity index (χ4v) is 3.84. The van der Waals surface area contributed by atoms with Crippen molar-refractivity contribution in [1.29, 1.82) is 0 Å². The Balaban J connectivity index is 1.90. The van der Waals surface area contributed by atoms with Gasteiger partial charge in [0.25, 0.3) is 0 Å². The van der Waals surface area contributed by atoms with Crippen LogP contribution in [0.4, 0.5) is 0 Å². The van der Waals surface area contributed by atoms with Crippen molar-refractivity contribution in [2.75, 3.05) is 13.2 Å². The van der Waals surface area contributed by atoms with E-state index in [9.17, 15) is 0 Å². The molecule has 2 spiro atoms. The standard InChI is InChI=1S/C16H28O4/c1-3-13-14(4-2)20-16(10-6-8-12-18-16)15(19-13)9-5-7-11-17-15/h13-14H,3-12H2,1-2H3/t13-,14-,15+,16?/m0/s1. The number of rotatable bonds is 2. The molecule has 20 heavy (non-hydrogen) atoms. The van der Waals surface area contributed by atoms with Gasteiger partial charge in [0, 0.05) is 12.8 Å². The van der Waals surface area contributed by atoms with E-state index in [4.69, 9.17) is 18.9 Å². The van der Waals surface area contributed by atoms with Gasteiger partial charge in [0.2, 0.25) is 11.6 Å². The lowest BCUT2D eigenvalue weighted by Gasteiger charge is -2.58. The molecule has 4 heteroatoms. The van der Waals surface area contributed by atoms with E-state index in [1.165, 1.54) is 0 Å². The summed E-state index contributed by atoms with van der Waals surface area (Å²) in [4.78, 5) is 0. The summed E-state index contributed by atoms with van der Waals surface area (Å²) in [5.41, 5.74) is 0. The molecule has 3 heterocycles. The van der Waals surface area contributed by atoms with Gasteiger partial charge < -0.3 is 18.9 Å². The Labute approximate surface area is 122 Å². The van der Waals surface area contributed by atoms with E-state index in [-0.39, 0.29) is 12.2 Å². The van der Waals surface area contributed by atoms with Crippen molar-refractivity contribution in [3.05, 3.63) is 0 Å². The first kappa shape index (κ1) is 14.8. The van der Waals surface area contributed by atoms with Crippen LogP contribution in [0.3, 0.4) is 0 Å². The maximum absolute atomic E-state index is 6.49. The zero-order chi connectivity index (χ0) is 14.1. The highest BCUT2D eigenvalue weighted by atomic mass is 16.8. The Kier molecular flexibility index (Phi) is 4.37. The van der Waals surface area contributed by atoms with Crippen LogP contribution in [0, 0.1) is 0 Å². The Morgan fingerprint density at radius 1 is 0.750 bits per heavy atom. The van der Waals surface area contributed by atoms with E-state index in [1.54, 1.807) is 0 Å². The van der Waals surface area contributed by atoms with Gasteiger partial charge in [-0.3, -0.25) is 0 Å². The third kappa shape index (κ3) is 2.31. The van der Waals surface area contributed by atoms with Crippen molar-refractivity contribution >= 4 is 0 Å². The van der Waals surface area contributed by atoms with E-state index < -0.39 is 11.6 Å². The van der Waals surface area contributed by atoms with Crippen LogP contribution in [0.2, 0.25) is 0 Å². The molecule has 4 nitrogen and oxygen atoms in total. The van der Waals surface area contributed by atoms with Crippen molar-refractivity contribution in [1.82, 2.24) is 0 Å². The number of ether oxygens (including phenoxy) is 4. The summed E-state index contributed by atoms with van der Waals surface area (Å²) in [5.74, 6) is -1.34. The Bertz CT molecular complexity index is 286. The molecule has 116 valence electrons. The zero-order valence-corrected chi connectivity index (χ0v) is 12.9. The largest absolute Gasteiger partial charge is 0.345 e. The number of fused-ring (bicyclic) bond motifs is 1. The Morgan fingerprint density at radius 2 is 1.20 bits per heavy atom. The van der Waals surface area contributed by atoms with Crippen LogP contribution in [0.15, 0.2) is 0 Å². The molecular formula is C16H28O4. The minimum Gasteiger partial charge on any atom is -0.345 e. The molecule has 3 fully saturated rings. The average molecular weight is 284 g/mol. The normalized spacial score (nSPS) is 45.9. The molecule has 0 aromatic carbocycles. The minimum absolute atomic E-state index is 0.120. The second-order valence-electron chi connectivity index (χ2n) is 6.25. The van der Waals surface area contributed by atoms with E-state index in [2.05, 4.69) is 13.8 Å². The van der Waals surface area contributed by atoms with E-state index in [1.807, 2.05) is 0 Å². The van der Waals surface area contributed by atoms with Gasteiger partial charge in [0.1, 0.15) is 0 Å². The van der Waals surface area contributed by atoms with Gasteiger partial charge in [0.05, 0.1) is 25.4 Å². The van der Waals surface area contributed by atoms with E-state index in [0.717, 1.165) is 64.6 Å². The quantitative estimate of drug-likeness (QED) is 0.779. The highest BCUT2D eigenvalue weighted by Gasteiger charge is 2.62. The summed E-state index contributed by atoms with van der Waals surface area (Å²) in [6.45, 7) is 5.82. The van der Waals surface area contributed by atoms with Crippen LogP contribution >= 0.6 is 0 Å². The topological polar surface area (TPSA) is 36.9 Å². The number of hydrogen-bond donors (Lipinski definition) is 0. The molecule has 4 atom stereocenters. The van der Waals surface area contributed by atoms with Gasteiger partial charge in [-0.05, 0) is 38.5 Å². The maximum atomic E-state index is 6.49. The van der Waals surface area contributed by atoms with E-state index in [0.29, 0.717) is 0 Å². The fraction of sp³-hybridized carbons (Fsp3) is 1.00. The summed E-state index contributed by atoms with van der Waals surface area (Å²) in [6, 6.07) is 0. The third-order valence-electron chi connectivity index (χ3n) is 4.95. The van der Waals surface area contributed by atoms with Gasteiger partial charge in [-0.15, -0.1) is 0 Å². The second-order valence-corrected chi connectivity index (χ2v) is 6.25. The first-order valence-corrected chi connectivity index (χ1v) is 8.39. The molecule has 0 N–H and O–H groups in total. The minimum atomic E-state index is -0.669. The summed E-state index contributed by atoms with van der Waals surface area (Å²) < 4.78 is 25.3. The lowest BCUT2D eigenvalue weighted by molar-refractivity contribution is -0.481. The molecule has 3 saturated heterocycles. The predicted octanol–water partition coefficient (Wildman–Crippen LogP) is 3.38. The molecule has 0 bridgehead atoms. The second kappa shape index (κ2) is 5.91. The Hall–Kier alpha value is -0.160. The monoisotopic (exact) mass is 284 g/mol. The first-order valence-electron chi connectivity index (χ1n) is 8.39. The van der Waals surface area contributed by atoms with Crippen LogP contribution in [0.1, 0.15) is 65.2 Å². The van der Waals surface area contributed by atoms with Crippen molar-refractivity contribution in [3.8, 4) is 0 Å². The predicted molar refractivity (Wildman–Crippen MR) is 75.4 cm³/mol. The molecule has 0 aliphatic carbocycles. The lowest BCUT2D eigenvalue weighted by atomic mass is 9.87. The molecular weight excluding hydrogens is 256 g/mol. The molecule has 3 rings (SSSR count). The summed E-state index contributed by atoms with van der Waals surface area (Å²) >= 11 is 0. The van der Waals surface area contributed by atoms with Crippen LogP contribution in [-0.2, 0) is 18.9 Å². The molecule has 1 unspecified atom stereocenters. The van der Waals surface area contributed by atoms with Crippen molar-refractivity contribution in [2.45, 2.75) is 89.0 Å². The van der Waals surface area contributed by atoms with Gasteiger partial charge >= 0.3 is 0 Å². The highest BCUT2D eigenvalue weighted by molar-refractivity contribution is 4.98.